The molecular formula is C16H21F3N2O3. The molecule has 1 amide bonds. The number of carbonyl (C=O) groups is 1. The van der Waals surface area contributed by atoms with Crippen LogP contribution in [0.5, 0.6) is 0 Å². The molecule has 2 rings (SSSR count). The van der Waals surface area contributed by atoms with Crippen molar-refractivity contribution in [2.75, 3.05) is 37.0 Å². The summed E-state index contributed by atoms with van der Waals surface area (Å²) in [5.74, 6) is -0.507. The Morgan fingerprint density at radius 3 is 2.50 bits per heavy atom. The number of methoxy groups -OCH3 is 1. The molecule has 1 N–H and O–H groups in total. The van der Waals surface area contributed by atoms with Crippen LogP contribution in [-0.4, -0.2) is 44.9 Å². The third-order valence-corrected chi connectivity index (χ3v) is 3.62. The second-order valence-electron chi connectivity index (χ2n) is 5.87. The van der Waals surface area contributed by atoms with E-state index in [1.165, 1.54) is 19.2 Å². The molecule has 1 aromatic rings. The van der Waals surface area contributed by atoms with Gasteiger partial charge in [0.15, 0.2) is 0 Å². The highest BCUT2D eigenvalue weighted by Crippen LogP contribution is 2.39. The van der Waals surface area contributed by atoms with E-state index in [9.17, 15) is 18.0 Å². The zero-order valence-electron chi connectivity index (χ0n) is 13.8. The van der Waals surface area contributed by atoms with Crippen molar-refractivity contribution in [1.29, 1.82) is 0 Å². The minimum atomic E-state index is -4.53. The van der Waals surface area contributed by atoms with Gasteiger partial charge in [-0.15, -0.1) is 0 Å². The minimum absolute atomic E-state index is 0.0856. The van der Waals surface area contributed by atoms with Crippen LogP contribution >= 0.6 is 0 Å². The number of hydrogen-bond acceptors (Lipinski definition) is 4. The van der Waals surface area contributed by atoms with Gasteiger partial charge in [-0.3, -0.25) is 4.79 Å². The van der Waals surface area contributed by atoms with Crippen molar-refractivity contribution >= 4 is 17.3 Å². The molecule has 2 atom stereocenters. The summed E-state index contributed by atoms with van der Waals surface area (Å²) < 4.78 is 50.6. The number of alkyl halides is 3. The molecule has 1 aliphatic heterocycles. The fourth-order valence-corrected chi connectivity index (χ4v) is 2.82. The van der Waals surface area contributed by atoms with E-state index in [-0.39, 0.29) is 30.2 Å². The van der Waals surface area contributed by atoms with Crippen molar-refractivity contribution in [3.63, 3.8) is 0 Å². The molecule has 1 saturated heterocycles. The lowest BCUT2D eigenvalue weighted by Gasteiger charge is -2.38. The number of halogens is 3. The summed E-state index contributed by atoms with van der Waals surface area (Å²) in [6, 6.07) is 3.80. The van der Waals surface area contributed by atoms with Crippen LogP contribution in [0.15, 0.2) is 18.2 Å². The standard InChI is InChI=1S/C16H21F3N2O3/c1-10-7-21(8-11(2)24-10)14-5-4-12(20-15(22)9-23-3)6-13(14)16(17,18)19/h4-6,10-11H,7-9H2,1-3H3,(H,20,22)/t10-,11-/m0/s1. The molecule has 5 nitrogen and oxygen atoms in total. The first-order chi connectivity index (χ1) is 11.2. The Morgan fingerprint density at radius 1 is 1.33 bits per heavy atom. The number of rotatable bonds is 4. The molecule has 0 unspecified atom stereocenters. The zero-order chi connectivity index (χ0) is 17.9. The summed E-state index contributed by atoms with van der Waals surface area (Å²) >= 11 is 0. The van der Waals surface area contributed by atoms with Crippen molar-refractivity contribution in [3.8, 4) is 0 Å². The second-order valence-corrected chi connectivity index (χ2v) is 5.87. The molecule has 0 aliphatic carbocycles. The first kappa shape index (κ1) is 18.5. The van der Waals surface area contributed by atoms with Gasteiger partial charge >= 0.3 is 6.18 Å². The number of anilines is 2. The van der Waals surface area contributed by atoms with E-state index in [1.54, 1.807) is 4.90 Å². The van der Waals surface area contributed by atoms with Gasteiger partial charge < -0.3 is 19.7 Å². The predicted molar refractivity (Wildman–Crippen MR) is 84.2 cm³/mol. The molecule has 1 heterocycles. The summed E-state index contributed by atoms with van der Waals surface area (Å²) in [6.45, 7) is 4.19. The van der Waals surface area contributed by atoms with Gasteiger partial charge in [0, 0.05) is 31.6 Å². The van der Waals surface area contributed by atoms with Gasteiger partial charge in [-0.2, -0.15) is 13.2 Å². The van der Waals surface area contributed by atoms with Gasteiger partial charge in [0.05, 0.1) is 17.8 Å². The van der Waals surface area contributed by atoms with Crippen LogP contribution < -0.4 is 10.2 Å². The fourth-order valence-electron chi connectivity index (χ4n) is 2.82. The fraction of sp³-hybridized carbons (Fsp3) is 0.562. The molecule has 1 aromatic carbocycles. The van der Waals surface area contributed by atoms with Gasteiger partial charge in [-0.25, -0.2) is 0 Å². The average Bonchev–Trinajstić information content (AvgIpc) is 2.45. The van der Waals surface area contributed by atoms with Crippen LogP contribution in [0.3, 0.4) is 0 Å². The minimum Gasteiger partial charge on any atom is -0.375 e. The van der Waals surface area contributed by atoms with Gasteiger partial charge in [0.1, 0.15) is 6.61 Å². The van der Waals surface area contributed by atoms with Gasteiger partial charge in [0.25, 0.3) is 0 Å². The van der Waals surface area contributed by atoms with Crippen LogP contribution in [0.25, 0.3) is 0 Å². The maximum Gasteiger partial charge on any atom is 0.418 e. The van der Waals surface area contributed by atoms with Crippen LogP contribution in [0, 0.1) is 0 Å². The van der Waals surface area contributed by atoms with Crippen LogP contribution in [0.1, 0.15) is 19.4 Å². The summed E-state index contributed by atoms with van der Waals surface area (Å²) in [6.07, 6.45) is -4.84. The number of nitrogens with one attached hydrogen (secondary N) is 1. The molecule has 1 fully saturated rings. The normalized spacial score (nSPS) is 21.7. The molecule has 0 bridgehead atoms. The maximum atomic E-state index is 13.5. The van der Waals surface area contributed by atoms with Crippen molar-refractivity contribution in [2.24, 2.45) is 0 Å². The topological polar surface area (TPSA) is 50.8 Å². The molecule has 8 heteroatoms. The number of ether oxygens (including phenoxy) is 2. The Labute approximate surface area is 138 Å². The lowest BCUT2D eigenvalue weighted by Crippen LogP contribution is -2.46. The van der Waals surface area contributed by atoms with Crippen molar-refractivity contribution in [3.05, 3.63) is 23.8 Å². The first-order valence-corrected chi connectivity index (χ1v) is 7.61. The van der Waals surface area contributed by atoms with E-state index in [4.69, 9.17) is 4.74 Å². The van der Waals surface area contributed by atoms with E-state index >= 15 is 0 Å². The third-order valence-electron chi connectivity index (χ3n) is 3.62. The highest BCUT2D eigenvalue weighted by atomic mass is 19.4. The van der Waals surface area contributed by atoms with Crippen molar-refractivity contribution < 1.29 is 27.4 Å². The Morgan fingerprint density at radius 2 is 1.96 bits per heavy atom. The molecular weight excluding hydrogens is 325 g/mol. The number of nitrogens with zero attached hydrogens (tertiary/aromatic N) is 1. The number of amides is 1. The first-order valence-electron chi connectivity index (χ1n) is 7.61. The lowest BCUT2D eigenvalue weighted by atomic mass is 10.1. The highest BCUT2D eigenvalue weighted by molar-refractivity contribution is 5.92. The lowest BCUT2D eigenvalue weighted by molar-refractivity contribution is -0.137. The van der Waals surface area contributed by atoms with E-state index in [1.807, 2.05) is 13.8 Å². The Balaban J connectivity index is 2.32. The number of hydrogen-bond donors (Lipinski definition) is 1. The Bertz CT molecular complexity index is 582. The molecule has 0 aromatic heterocycles. The van der Waals surface area contributed by atoms with Crippen molar-refractivity contribution in [1.82, 2.24) is 0 Å². The predicted octanol–water partition coefficient (Wildman–Crippen LogP) is 2.90. The zero-order valence-corrected chi connectivity index (χ0v) is 13.8. The highest BCUT2D eigenvalue weighted by Gasteiger charge is 2.36. The molecule has 134 valence electrons. The summed E-state index contributed by atoms with van der Waals surface area (Å²) in [7, 11) is 1.34. The SMILES string of the molecule is COCC(=O)Nc1ccc(N2C[C@H](C)O[C@@H](C)C2)c(C(F)(F)F)c1. The average molecular weight is 346 g/mol. The van der Waals surface area contributed by atoms with Crippen LogP contribution in [-0.2, 0) is 20.4 Å². The van der Waals surface area contributed by atoms with E-state index in [2.05, 4.69) is 10.1 Å². The maximum absolute atomic E-state index is 13.5. The largest absolute Gasteiger partial charge is 0.418 e. The molecule has 0 saturated carbocycles. The van der Waals surface area contributed by atoms with Crippen LogP contribution in [0.4, 0.5) is 24.5 Å². The molecule has 24 heavy (non-hydrogen) atoms. The van der Waals surface area contributed by atoms with Gasteiger partial charge in [-0.05, 0) is 32.0 Å². The van der Waals surface area contributed by atoms with Gasteiger partial charge in [0.2, 0.25) is 5.91 Å². The van der Waals surface area contributed by atoms with E-state index in [0.717, 1.165) is 6.07 Å². The van der Waals surface area contributed by atoms with E-state index < -0.39 is 17.6 Å². The monoisotopic (exact) mass is 346 g/mol. The number of morpholine rings is 1. The molecule has 0 radical (unpaired) electrons. The second kappa shape index (κ2) is 7.40. The van der Waals surface area contributed by atoms with Crippen molar-refractivity contribution in [2.45, 2.75) is 32.2 Å². The quantitative estimate of drug-likeness (QED) is 0.911. The Kier molecular flexibility index (Phi) is 5.71. The Hall–Kier alpha value is -1.80. The number of carbonyl (C=O) groups excluding carboxylic acids is 1. The van der Waals surface area contributed by atoms with Gasteiger partial charge in [-0.1, -0.05) is 0 Å². The summed E-state index contributed by atoms with van der Waals surface area (Å²) in [5.41, 5.74) is -0.601. The van der Waals surface area contributed by atoms with E-state index in [0.29, 0.717) is 13.1 Å². The summed E-state index contributed by atoms with van der Waals surface area (Å²) in [4.78, 5) is 13.2. The van der Waals surface area contributed by atoms with Crippen LogP contribution in [0.2, 0.25) is 0 Å². The molecule has 1 aliphatic rings. The smallest absolute Gasteiger partial charge is 0.375 e. The number of benzene rings is 1. The molecule has 0 spiro atoms. The third kappa shape index (κ3) is 4.61. The summed E-state index contributed by atoms with van der Waals surface area (Å²) in [5, 5.41) is 2.40.